The van der Waals surface area contributed by atoms with E-state index in [0.717, 1.165) is 5.56 Å². The molecule has 0 aliphatic rings. The van der Waals surface area contributed by atoms with Crippen molar-refractivity contribution < 1.29 is 9.53 Å². The number of hydrogen-bond acceptors (Lipinski definition) is 2. The van der Waals surface area contributed by atoms with Crippen LogP contribution in [0.4, 0.5) is 0 Å². The van der Waals surface area contributed by atoms with Crippen molar-refractivity contribution in [3.05, 3.63) is 35.9 Å². The van der Waals surface area contributed by atoms with E-state index in [4.69, 9.17) is 4.74 Å². The van der Waals surface area contributed by atoms with Gasteiger partial charge in [0.2, 0.25) is 0 Å². The maximum atomic E-state index is 12.0. The second kappa shape index (κ2) is 5.66. The fraction of sp³-hybridized carbons (Fsp3) is 0.462. The average Bonchev–Trinajstić information content (AvgIpc) is 2.26. The molecule has 1 rings (SSSR count). The van der Waals surface area contributed by atoms with Gasteiger partial charge >= 0.3 is 0 Å². The van der Waals surface area contributed by atoms with E-state index >= 15 is 0 Å². The summed E-state index contributed by atoms with van der Waals surface area (Å²) in [6.45, 7) is 4.31. The summed E-state index contributed by atoms with van der Waals surface area (Å²) in [7, 11) is 1.63. The Morgan fingerprint density at radius 2 is 1.87 bits per heavy atom. The van der Waals surface area contributed by atoms with E-state index in [0.29, 0.717) is 6.61 Å². The van der Waals surface area contributed by atoms with Gasteiger partial charge in [-0.05, 0) is 5.56 Å². The number of ketones is 1. The maximum Gasteiger partial charge on any atom is 0.145 e. The standard InChI is InChI=1S/C13H18O2/c1-10(2)13(14)12(9-15-3)11-7-5-4-6-8-11/h4-8,10,12H,9H2,1-3H3. The van der Waals surface area contributed by atoms with Gasteiger partial charge in [0.15, 0.2) is 0 Å². The summed E-state index contributed by atoms with van der Waals surface area (Å²) in [6.07, 6.45) is 0. The molecule has 1 unspecified atom stereocenters. The molecule has 1 aromatic carbocycles. The zero-order valence-corrected chi connectivity index (χ0v) is 9.57. The average molecular weight is 206 g/mol. The Morgan fingerprint density at radius 3 is 2.33 bits per heavy atom. The Morgan fingerprint density at radius 1 is 1.27 bits per heavy atom. The lowest BCUT2D eigenvalue weighted by molar-refractivity contribution is -0.124. The number of ether oxygens (including phenoxy) is 1. The van der Waals surface area contributed by atoms with E-state index in [1.165, 1.54) is 0 Å². The molecule has 15 heavy (non-hydrogen) atoms. The van der Waals surface area contributed by atoms with E-state index in [1.54, 1.807) is 7.11 Å². The number of carbonyl (C=O) groups is 1. The SMILES string of the molecule is COCC(C(=O)C(C)C)c1ccccc1. The number of hydrogen-bond donors (Lipinski definition) is 0. The molecule has 0 saturated heterocycles. The summed E-state index contributed by atoms with van der Waals surface area (Å²) in [4.78, 5) is 12.0. The van der Waals surface area contributed by atoms with Crippen molar-refractivity contribution in [1.29, 1.82) is 0 Å². The first-order chi connectivity index (χ1) is 7.16. The molecule has 0 aliphatic heterocycles. The van der Waals surface area contributed by atoms with Gasteiger partial charge in [0, 0.05) is 13.0 Å². The molecule has 0 radical (unpaired) electrons. The lowest BCUT2D eigenvalue weighted by atomic mass is 9.89. The fourth-order valence-corrected chi connectivity index (χ4v) is 1.60. The largest absolute Gasteiger partial charge is 0.384 e. The first kappa shape index (κ1) is 11.9. The van der Waals surface area contributed by atoms with Crippen LogP contribution in [-0.4, -0.2) is 19.5 Å². The minimum absolute atomic E-state index is 0.0466. The van der Waals surface area contributed by atoms with Crippen molar-refractivity contribution >= 4 is 5.78 Å². The predicted molar refractivity (Wildman–Crippen MR) is 60.9 cm³/mol. The van der Waals surface area contributed by atoms with Crippen molar-refractivity contribution in [3.63, 3.8) is 0 Å². The van der Waals surface area contributed by atoms with Crippen molar-refractivity contribution in [1.82, 2.24) is 0 Å². The molecule has 0 aromatic heterocycles. The molecule has 1 aromatic rings. The normalized spacial score (nSPS) is 12.8. The maximum absolute atomic E-state index is 12.0. The smallest absolute Gasteiger partial charge is 0.145 e. The third-order valence-corrected chi connectivity index (χ3v) is 2.45. The van der Waals surface area contributed by atoms with Crippen molar-refractivity contribution in [3.8, 4) is 0 Å². The van der Waals surface area contributed by atoms with Gasteiger partial charge in [-0.3, -0.25) is 4.79 Å². The quantitative estimate of drug-likeness (QED) is 0.740. The molecule has 2 heteroatoms. The third-order valence-electron chi connectivity index (χ3n) is 2.45. The van der Waals surface area contributed by atoms with Crippen LogP contribution in [-0.2, 0) is 9.53 Å². The number of rotatable bonds is 5. The van der Waals surface area contributed by atoms with Gasteiger partial charge in [0.05, 0.1) is 12.5 Å². The minimum atomic E-state index is -0.129. The van der Waals surface area contributed by atoms with Crippen LogP contribution >= 0.6 is 0 Å². The molecule has 0 N–H and O–H groups in total. The first-order valence-electron chi connectivity index (χ1n) is 5.24. The van der Waals surface area contributed by atoms with Gasteiger partial charge in [-0.2, -0.15) is 0 Å². The summed E-state index contributed by atoms with van der Waals surface area (Å²) >= 11 is 0. The number of carbonyl (C=O) groups excluding carboxylic acids is 1. The fourth-order valence-electron chi connectivity index (χ4n) is 1.60. The zero-order valence-electron chi connectivity index (χ0n) is 9.57. The Hall–Kier alpha value is -1.15. The highest BCUT2D eigenvalue weighted by Crippen LogP contribution is 2.20. The first-order valence-corrected chi connectivity index (χ1v) is 5.24. The third kappa shape index (κ3) is 3.17. The van der Waals surface area contributed by atoms with E-state index in [9.17, 15) is 4.79 Å². The molecular weight excluding hydrogens is 188 g/mol. The Bertz CT molecular complexity index is 304. The highest BCUT2D eigenvalue weighted by molar-refractivity contribution is 5.87. The molecule has 82 valence electrons. The molecular formula is C13H18O2. The van der Waals surface area contributed by atoms with Crippen LogP contribution in [0.15, 0.2) is 30.3 Å². The Kier molecular flexibility index (Phi) is 4.50. The van der Waals surface area contributed by atoms with Crippen LogP contribution in [0, 0.1) is 5.92 Å². The van der Waals surface area contributed by atoms with E-state index < -0.39 is 0 Å². The van der Waals surface area contributed by atoms with Crippen molar-refractivity contribution in [2.24, 2.45) is 5.92 Å². The summed E-state index contributed by atoms with van der Waals surface area (Å²) in [5.41, 5.74) is 1.04. The molecule has 0 heterocycles. The van der Waals surface area contributed by atoms with E-state index in [2.05, 4.69) is 0 Å². The molecule has 0 saturated carbocycles. The van der Waals surface area contributed by atoms with E-state index in [1.807, 2.05) is 44.2 Å². The molecule has 0 bridgehead atoms. The highest BCUT2D eigenvalue weighted by atomic mass is 16.5. The topological polar surface area (TPSA) is 26.3 Å². The molecule has 0 spiro atoms. The Labute approximate surface area is 91.3 Å². The molecule has 2 nitrogen and oxygen atoms in total. The minimum Gasteiger partial charge on any atom is -0.384 e. The van der Waals surface area contributed by atoms with Crippen molar-refractivity contribution in [2.75, 3.05) is 13.7 Å². The van der Waals surface area contributed by atoms with Gasteiger partial charge in [0.25, 0.3) is 0 Å². The summed E-state index contributed by atoms with van der Waals surface area (Å²) in [5, 5.41) is 0. The van der Waals surface area contributed by atoms with Crippen LogP contribution in [0.1, 0.15) is 25.3 Å². The van der Waals surface area contributed by atoms with Crippen LogP contribution in [0.25, 0.3) is 0 Å². The van der Waals surface area contributed by atoms with Gasteiger partial charge in [-0.25, -0.2) is 0 Å². The zero-order chi connectivity index (χ0) is 11.3. The van der Waals surface area contributed by atoms with Crippen LogP contribution < -0.4 is 0 Å². The summed E-state index contributed by atoms with van der Waals surface area (Å²) in [6, 6.07) is 9.80. The van der Waals surface area contributed by atoms with Crippen molar-refractivity contribution in [2.45, 2.75) is 19.8 Å². The number of Topliss-reactive ketones (excluding diaryl/α,β-unsaturated/α-hetero) is 1. The van der Waals surface area contributed by atoms with Gasteiger partial charge < -0.3 is 4.74 Å². The lowest BCUT2D eigenvalue weighted by Crippen LogP contribution is -2.22. The predicted octanol–water partition coefficient (Wildman–Crippen LogP) is 2.64. The summed E-state index contributed by atoms with van der Waals surface area (Å²) in [5.74, 6) is 0.157. The Balaban J connectivity index is 2.88. The second-order valence-corrected chi connectivity index (χ2v) is 3.98. The summed E-state index contributed by atoms with van der Waals surface area (Å²) < 4.78 is 5.11. The molecule has 0 aliphatic carbocycles. The van der Waals surface area contributed by atoms with Crippen LogP contribution in [0.3, 0.4) is 0 Å². The van der Waals surface area contributed by atoms with Crippen LogP contribution in [0.2, 0.25) is 0 Å². The molecule has 1 atom stereocenters. The second-order valence-electron chi connectivity index (χ2n) is 3.98. The van der Waals surface area contributed by atoms with Gasteiger partial charge in [0.1, 0.15) is 5.78 Å². The molecule has 0 fully saturated rings. The molecule has 0 amide bonds. The lowest BCUT2D eigenvalue weighted by Gasteiger charge is -2.17. The van der Waals surface area contributed by atoms with Crippen LogP contribution in [0.5, 0.6) is 0 Å². The number of benzene rings is 1. The monoisotopic (exact) mass is 206 g/mol. The van der Waals surface area contributed by atoms with E-state index in [-0.39, 0.29) is 17.6 Å². The van der Waals surface area contributed by atoms with Gasteiger partial charge in [-0.1, -0.05) is 44.2 Å². The number of methoxy groups -OCH3 is 1. The van der Waals surface area contributed by atoms with Gasteiger partial charge in [-0.15, -0.1) is 0 Å². The highest BCUT2D eigenvalue weighted by Gasteiger charge is 2.22.